The predicted molar refractivity (Wildman–Crippen MR) is 97.2 cm³/mol. The molecule has 0 aliphatic rings. The Hall–Kier alpha value is -1.66. The van der Waals surface area contributed by atoms with Crippen molar-refractivity contribution in [2.24, 2.45) is 0 Å². The first-order valence-corrected chi connectivity index (χ1v) is 8.68. The van der Waals surface area contributed by atoms with E-state index in [0.29, 0.717) is 11.3 Å². The highest BCUT2D eigenvalue weighted by Crippen LogP contribution is 2.31. The van der Waals surface area contributed by atoms with Gasteiger partial charge in [-0.1, -0.05) is 62.2 Å². The van der Waals surface area contributed by atoms with Crippen LogP contribution in [0.25, 0.3) is 0 Å². The fraction of sp³-hybridized carbons (Fsp3) is 0.176. The third-order valence-electron chi connectivity index (χ3n) is 3.20. The number of carbonyl (C=O) groups excluding carboxylic acids is 2. The number of rotatable bonds is 5. The summed E-state index contributed by atoms with van der Waals surface area (Å²) in [5, 5.41) is 2.81. The molecule has 23 heavy (non-hydrogen) atoms. The van der Waals surface area contributed by atoms with Crippen molar-refractivity contribution >= 4 is 49.4 Å². The molecule has 1 N–H and O–H groups in total. The molecule has 0 heterocycles. The van der Waals surface area contributed by atoms with Crippen LogP contribution in [0.1, 0.15) is 20.7 Å². The second-order valence-electron chi connectivity index (χ2n) is 4.77. The number of amides is 1. The highest BCUT2D eigenvalue weighted by atomic mass is 79.9. The molecule has 2 rings (SSSR count). The maximum absolute atomic E-state index is 12.3. The number of methoxy groups -OCH3 is 1. The van der Waals surface area contributed by atoms with Crippen molar-refractivity contribution in [2.75, 3.05) is 12.4 Å². The number of ether oxygens (including phenoxy) is 1. The minimum Gasteiger partial charge on any atom is -0.465 e. The zero-order valence-corrected chi connectivity index (χ0v) is 15.5. The topological polar surface area (TPSA) is 55.4 Å². The van der Waals surface area contributed by atoms with E-state index >= 15 is 0 Å². The first-order valence-electron chi connectivity index (χ1n) is 6.85. The molecule has 0 fully saturated rings. The fourth-order valence-electron chi connectivity index (χ4n) is 1.96. The molecule has 0 saturated carbocycles. The lowest BCUT2D eigenvalue weighted by Gasteiger charge is -2.17. The zero-order valence-electron chi connectivity index (χ0n) is 12.3. The molecule has 0 saturated heterocycles. The first-order chi connectivity index (χ1) is 11.0. The average Bonchev–Trinajstić information content (AvgIpc) is 2.61. The summed E-state index contributed by atoms with van der Waals surface area (Å²) in [6, 6.07) is 16.2. The van der Waals surface area contributed by atoms with Gasteiger partial charge in [0.15, 0.2) is 0 Å². The summed E-state index contributed by atoms with van der Waals surface area (Å²) in [4.78, 5) is 23.1. The lowest BCUT2D eigenvalue weighted by Crippen LogP contribution is -2.26. The van der Waals surface area contributed by atoms with Crippen molar-refractivity contribution in [1.29, 1.82) is 0 Å². The van der Waals surface area contributed by atoms with E-state index in [1.165, 1.54) is 7.11 Å². The number of benzene rings is 2. The van der Waals surface area contributed by atoms with Crippen LogP contribution in [0.5, 0.6) is 0 Å². The standard InChI is InChI=1S/C17H15Br2NO3/c1-23-17(22)12-7-9-13(10-8-12)20-16(21)15(19)14(18)11-5-3-2-4-6-11/h2-10,14-15H,1H3,(H,20,21)/t14-,15-/m0/s1. The maximum atomic E-state index is 12.3. The number of carbonyl (C=O) groups is 2. The number of anilines is 1. The molecule has 2 aromatic rings. The monoisotopic (exact) mass is 439 g/mol. The number of hydrogen-bond acceptors (Lipinski definition) is 3. The van der Waals surface area contributed by atoms with Gasteiger partial charge in [-0.2, -0.15) is 0 Å². The van der Waals surface area contributed by atoms with Gasteiger partial charge in [-0.3, -0.25) is 4.79 Å². The Bertz CT molecular complexity index is 674. The maximum Gasteiger partial charge on any atom is 0.337 e. The Morgan fingerprint density at radius 3 is 2.17 bits per heavy atom. The van der Waals surface area contributed by atoms with Crippen LogP contribution in [0, 0.1) is 0 Å². The van der Waals surface area contributed by atoms with Gasteiger partial charge in [0.25, 0.3) is 0 Å². The van der Waals surface area contributed by atoms with E-state index in [9.17, 15) is 9.59 Å². The smallest absolute Gasteiger partial charge is 0.337 e. The summed E-state index contributed by atoms with van der Waals surface area (Å²) in [5.41, 5.74) is 2.05. The third kappa shape index (κ3) is 4.65. The first kappa shape index (κ1) is 17.7. The summed E-state index contributed by atoms with van der Waals surface area (Å²) < 4.78 is 4.64. The van der Waals surface area contributed by atoms with Gasteiger partial charge in [-0.25, -0.2) is 4.79 Å². The second-order valence-corrected chi connectivity index (χ2v) is 6.75. The normalized spacial score (nSPS) is 13.0. The molecule has 0 aromatic heterocycles. The van der Waals surface area contributed by atoms with Gasteiger partial charge < -0.3 is 10.1 Å². The highest BCUT2D eigenvalue weighted by Gasteiger charge is 2.25. The minimum absolute atomic E-state index is 0.155. The van der Waals surface area contributed by atoms with Crippen LogP contribution >= 0.6 is 31.9 Å². The lowest BCUT2D eigenvalue weighted by atomic mass is 10.1. The van der Waals surface area contributed by atoms with Crippen LogP contribution in [0.15, 0.2) is 54.6 Å². The largest absolute Gasteiger partial charge is 0.465 e. The number of esters is 1. The van der Waals surface area contributed by atoms with E-state index in [2.05, 4.69) is 41.9 Å². The molecule has 2 aromatic carbocycles. The van der Waals surface area contributed by atoms with Gasteiger partial charge in [0.05, 0.1) is 17.5 Å². The molecule has 4 nitrogen and oxygen atoms in total. The zero-order chi connectivity index (χ0) is 16.8. The van der Waals surface area contributed by atoms with Crippen LogP contribution in [0.2, 0.25) is 0 Å². The molecule has 0 spiro atoms. The molecule has 120 valence electrons. The molecule has 1 amide bonds. The van der Waals surface area contributed by atoms with Crippen LogP contribution in [0.4, 0.5) is 5.69 Å². The van der Waals surface area contributed by atoms with E-state index in [1.807, 2.05) is 30.3 Å². The summed E-state index contributed by atoms with van der Waals surface area (Å²) in [5.74, 6) is -0.590. The molecule has 0 aliphatic carbocycles. The van der Waals surface area contributed by atoms with E-state index in [4.69, 9.17) is 0 Å². The summed E-state index contributed by atoms with van der Waals surface area (Å²) >= 11 is 6.96. The van der Waals surface area contributed by atoms with Crippen molar-refractivity contribution in [3.8, 4) is 0 Å². The van der Waals surface area contributed by atoms with E-state index in [1.54, 1.807) is 24.3 Å². The summed E-state index contributed by atoms with van der Waals surface area (Å²) in [6.07, 6.45) is 0. The van der Waals surface area contributed by atoms with Crippen LogP contribution in [-0.2, 0) is 9.53 Å². The second kappa shape index (κ2) is 8.26. The highest BCUT2D eigenvalue weighted by molar-refractivity contribution is 9.12. The van der Waals surface area contributed by atoms with Gasteiger partial charge in [0, 0.05) is 5.69 Å². The fourth-order valence-corrected chi connectivity index (χ4v) is 2.92. The van der Waals surface area contributed by atoms with Crippen LogP contribution in [-0.4, -0.2) is 23.8 Å². The van der Waals surface area contributed by atoms with Crippen molar-refractivity contribution in [2.45, 2.75) is 9.65 Å². The van der Waals surface area contributed by atoms with Gasteiger partial charge in [-0.15, -0.1) is 0 Å². The summed E-state index contributed by atoms with van der Waals surface area (Å²) in [7, 11) is 1.33. The van der Waals surface area contributed by atoms with E-state index in [-0.39, 0.29) is 10.7 Å². The lowest BCUT2D eigenvalue weighted by molar-refractivity contribution is -0.115. The van der Waals surface area contributed by atoms with Gasteiger partial charge in [-0.05, 0) is 29.8 Å². The molecule has 0 bridgehead atoms. The van der Waals surface area contributed by atoms with Gasteiger partial charge >= 0.3 is 5.97 Å². The molecule has 6 heteroatoms. The third-order valence-corrected chi connectivity index (χ3v) is 5.91. The van der Waals surface area contributed by atoms with Gasteiger partial charge in [0.2, 0.25) is 5.91 Å². The molecule has 0 aliphatic heterocycles. The number of alkyl halides is 2. The van der Waals surface area contributed by atoms with Crippen LogP contribution < -0.4 is 5.32 Å². The molecule has 0 radical (unpaired) electrons. The Labute approximate surface area is 151 Å². The molecule has 2 atom stereocenters. The number of halogens is 2. The van der Waals surface area contributed by atoms with Crippen molar-refractivity contribution in [3.05, 3.63) is 65.7 Å². The Morgan fingerprint density at radius 2 is 1.61 bits per heavy atom. The predicted octanol–water partition coefficient (Wildman–Crippen LogP) is 4.31. The minimum atomic E-state index is -0.440. The average molecular weight is 441 g/mol. The molecule has 0 unspecified atom stereocenters. The number of nitrogens with one attached hydrogen (secondary N) is 1. The Balaban J connectivity index is 2.02. The van der Waals surface area contributed by atoms with Crippen molar-refractivity contribution in [1.82, 2.24) is 0 Å². The molecular formula is C17H15Br2NO3. The number of hydrogen-bond donors (Lipinski definition) is 1. The Morgan fingerprint density at radius 1 is 1.00 bits per heavy atom. The van der Waals surface area contributed by atoms with Crippen molar-refractivity contribution < 1.29 is 14.3 Å². The van der Waals surface area contributed by atoms with Gasteiger partial charge in [0.1, 0.15) is 4.83 Å². The van der Waals surface area contributed by atoms with Crippen molar-refractivity contribution in [3.63, 3.8) is 0 Å². The molecular weight excluding hydrogens is 426 g/mol. The Kier molecular flexibility index (Phi) is 6.36. The quantitative estimate of drug-likeness (QED) is 0.556. The van der Waals surface area contributed by atoms with E-state index in [0.717, 1.165) is 5.56 Å². The van der Waals surface area contributed by atoms with E-state index < -0.39 is 10.8 Å². The SMILES string of the molecule is COC(=O)c1ccc(NC(=O)[C@@H](Br)[C@@H](Br)c2ccccc2)cc1. The van der Waals surface area contributed by atoms with Crippen LogP contribution in [0.3, 0.4) is 0 Å². The summed E-state index contributed by atoms with van der Waals surface area (Å²) in [6.45, 7) is 0.